The molecule has 1 rings (SSSR count). The molecule has 1 N–H and O–H groups in total. The maximum atomic E-state index is 9.52. The molecular formula is C10H16O3. The van der Waals surface area contributed by atoms with E-state index in [2.05, 4.69) is 13.2 Å². The van der Waals surface area contributed by atoms with Crippen LogP contribution < -0.4 is 0 Å². The second-order valence-corrected chi connectivity index (χ2v) is 3.53. The third kappa shape index (κ3) is 2.18. The molecule has 0 radical (unpaired) electrons. The molecule has 0 amide bonds. The van der Waals surface area contributed by atoms with Crippen LogP contribution in [-0.4, -0.2) is 29.2 Å². The van der Waals surface area contributed by atoms with Crippen LogP contribution >= 0.6 is 0 Å². The lowest BCUT2D eigenvalue weighted by molar-refractivity contribution is -0.150. The first-order valence-electron chi connectivity index (χ1n) is 4.29. The van der Waals surface area contributed by atoms with E-state index in [1.165, 1.54) is 6.08 Å². The van der Waals surface area contributed by atoms with Gasteiger partial charge in [-0.2, -0.15) is 0 Å². The van der Waals surface area contributed by atoms with Gasteiger partial charge >= 0.3 is 0 Å². The van der Waals surface area contributed by atoms with Crippen LogP contribution in [0.4, 0.5) is 0 Å². The molecule has 74 valence electrons. The molecule has 0 aromatic heterocycles. The minimum atomic E-state index is -0.718. The van der Waals surface area contributed by atoms with Gasteiger partial charge in [-0.15, -0.1) is 13.2 Å². The largest absolute Gasteiger partial charge is 0.386 e. The van der Waals surface area contributed by atoms with Gasteiger partial charge in [-0.05, 0) is 13.8 Å². The van der Waals surface area contributed by atoms with Gasteiger partial charge in [-0.25, -0.2) is 0 Å². The topological polar surface area (TPSA) is 38.7 Å². The van der Waals surface area contributed by atoms with E-state index in [-0.39, 0.29) is 6.10 Å². The summed E-state index contributed by atoms with van der Waals surface area (Å²) in [4.78, 5) is 0. The summed E-state index contributed by atoms with van der Waals surface area (Å²) < 4.78 is 11.0. The van der Waals surface area contributed by atoms with Crippen molar-refractivity contribution in [2.24, 2.45) is 0 Å². The van der Waals surface area contributed by atoms with E-state index in [0.717, 1.165) is 0 Å². The summed E-state index contributed by atoms with van der Waals surface area (Å²) in [5.74, 6) is -0.659. The third-order valence-electron chi connectivity index (χ3n) is 1.97. The maximum Gasteiger partial charge on any atom is 0.164 e. The second-order valence-electron chi connectivity index (χ2n) is 3.53. The van der Waals surface area contributed by atoms with Gasteiger partial charge in [0.25, 0.3) is 0 Å². The summed E-state index contributed by atoms with van der Waals surface area (Å²) in [7, 11) is 0. The fourth-order valence-electron chi connectivity index (χ4n) is 1.40. The maximum absolute atomic E-state index is 9.52. The van der Waals surface area contributed by atoms with Crippen molar-refractivity contribution >= 4 is 0 Å². The summed E-state index contributed by atoms with van der Waals surface area (Å²) in [6, 6.07) is 0. The first-order chi connectivity index (χ1) is 6.00. The molecular weight excluding hydrogens is 168 g/mol. The quantitative estimate of drug-likeness (QED) is 0.671. The van der Waals surface area contributed by atoms with Gasteiger partial charge in [-0.3, -0.25) is 0 Å². The molecule has 3 atom stereocenters. The van der Waals surface area contributed by atoms with E-state index in [4.69, 9.17) is 9.47 Å². The minimum absolute atomic E-state index is 0.275. The minimum Gasteiger partial charge on any atom is -0.386 e. The zero-order valence-electron chi connectivity index (χ0n) is 8.06. The molecule has 0 saturated carbocycles. The Hall–Kier alpha value is -0.640. The van der Waals surface area contributed by atoms with Crippen molar-refractivity contribution in [3.63, 3.8) is 0 Å². The molecule has 0 aromatic rings. The monoisotopic (exact) mass is 184 g/mol. The first-order valence-corrected chi connectivity index (χ1v) is 4.29. The van der Waals surface area contributed by atoms with Gasteiger partial charge in [0.05, 0.1) is 0 Å². The fraction of sp³-hybridized carbons (Fsp3) is 0.600. The van der Waals surface area contributed by atoms with Crippen LogP contribution in [-0.2, 0) is 9.47 Å². The highest BCUT2D eigenvalue weighted by atomic mass is 16.8. The van der Waals surface area contributed by atoms with Crippen molar-refractivity contribution in [3.05, 3.63) is 25.3 Å². The van der Waals surface area contributed by atoms with Crippen LogP contribution in [0.25, 0.3) is 0 Å². The molecule has 13 heavy (non-hydrogen) atoms. The van der Waals surface area contributed by atoms with Crippen LogP contribution in [0.3, 0.4) is 0 Å². The fourth-order valence-corrected chi connectivity index (χ4v) is 1.40. The zero-order valence-corrected chi connectivity index (χ0v) is 8.06. The molecule has 1 heterocycles. The molecule has 0 bridgehead atoms. The summed E-state index contributed by atoms with van der Waals surface area (Å²) >= 11 is 0. The number of aliphatic hydroxyl groups excluding tert-OH is 1. The molecule has 3 nitrogen and oxygen atoms in total. The Morgan fingerprint density at radius 2 is 2.00 bits per heavy atom. The van der Waals surface area contributed by atoms with Gasteiger partial charge in [0.1, 0.15) is 18.3 Å². The first kappa shape index (κ1) is 10.4. The van der Waals surface area contributed by atoms with Crippen molar-refractivity contribution < 1.29 is 14.6 Å². The molecule has 1 unspecified atom stereocenters. The molecule has 0 spiro atoms. The van der Waals surface area contributed by atoms with E-state index in [1.54, 1.807) is 19.9 Å². The standard InChI is InChI=1S/C10H16O3/c1-5-7(11)9-8(6-2)12-10(3,4)13-9/h5-9,11H,1-2H2,3-4H3/t7?,8-,9+/m1/s1. The van der Waals surface area contributed by atoms with Crippen LogP contribution in [0.5, 0.6) is 0 Å². The van der Waals surface area contributed by atoms with Gasteiger partial charge in [0.2, 0.25) is 0 Å². The van der Waals surface area contributed by atoms with Crippen LogP contribution in [0.2, 0.25) is 0 Å². The van der Waals surface area contributed by atoms with E-state index < -0.39 is 18.0 Å². The summed E-state index contributed by atoms with van der Waals surface area (Å²) in [5, 5.41) is 9.52. The highest BCUT2D eigenvalue weighted by Crippen LogP contribution is 2.30. The van der Waals surface area contributed by atoms with Crippen molar-refractivity contribution in [1.82, 2.24) is 0 Å². The van der Waals surface area contributed by atoms with Crippen molar-refractivity contribution in [1.29, 1.82) is 0 Å². The van der Waals surface area contributed by atoms with Crippen molar-refractivity contribution in [2.45, 2.75) is 37.9 Å². The predicted molar refractivity (Wildman–Crippen MR) is 50.2 cm³/mol. The molecule has 3 heteroatoms. The molecule has 1 fully saturated rings. The van der Waals surface area contributed by atoms with Crippen LogP contribution in [0.1, 0.15) is 13.8 Å². The Labute approximate surface area is 78.7 Å². The SMILES string of the molecule is C=CC(O)[C@@H]1OC(C)(C)O[C@@H]1C=C. The number of hydrogen-bond acceptors (Lipinski definition) is 3. The van der Waals surface area contributed by atoms with Crippen LogP contribution in [0, 0.1) is 0 Å². The number of ether oxygens (including phenoxy) is 2. The van der Waals surface area contributed by atoms with E-state index in [0.29, 0.717) is 0 Å². The summed E-state index contributed by atoms with van der Waals surface area (Å²) in [6.45, 7) is 10.7. The average molecular weight is 184 g/mol. The Balaban J connectivity index is 2.74. The lowest BCUT2D eigenvalue weighted by Gasteiger charge is -2.18. The normalized spacial score (nSPS) is 34.1. The lowest BCUT2D eigenvalue weighted by atomic mass is 10.1. The van der Waals surface area contributed by atoms with Crippen LogP contribution in [0.15, 0.2) is 25.3 Å². The zero-order chi connectivity index (χ0) is 10.1. The number of aliphatic hydroxyl groups is 1. The average Bonchev–Trinajstić information content (AvgIpc) is 2.39. The molecule has 1 saturated heterocycles. The smallest absolute Gasteiger partial charge is 0.164 e. The Morgan fingerprint density at radius 3 is 2.46 bits per heavy atom. The number of hydrogen-bond donors (Lipinski definition) is 1. The Bertz CT molecular complexity index is 210. The van der Waals surface area contributed by atoms with Gasteiger partial charge in [-0.1, -0.05) is 12.2 Å². The summed E-state index contributed by atoms with van der Waals surface area (Å²) in [5.41, 5.74) is 0. The van der Waals surface area contributed by atoms with E-state index in [9.17, 15) is 5.11 Å². The second kappa shape index (κ2) is 3.62. The predicted octanol–water partition coefficient (Wildman–Crippen LogP) is 1.24. The Kier molecular flexibility index (Phi) is 2.91. The van der Waals surface area contributed by atoms with E-state index >= 15 is 0 Å². The third-order valence-corrected chi connectivity index (χ3v) is 1.97. The van der Waals surface area contributed by atoms with Crippen molar-refractivity contribution in [3.8, 4) is 0 Å². The lowest BCUT2D eigenvalue weighted by Crippen LogP contribution is -2.32. The molecule has 0 aromatic carbocycles. The number of rotatable bonds is 3. The highest BCUT2D eigenvalue weighted by Gasteiger charge is 2.42. The highest BCUT2D eigenvalue weighted by molar-refractivity contribution is 5.00. The van der Waals surface area contributed by atoms with Crippen molar-refractivity contribution in [2.75, 3.05) is 0 Å². The molecule has 1 aliphatic heterocycles. The summed E-state index contributed by atoms with van der Waals surface area (Å²) in [6.07, 6.45) is 1.68. The van der Waals surface area contributed by atoms with Gasteiger partial charge in [0, 0.05) is 0 Å². The molecule has 0 aliphatic carbocycles. The Morgan fingerprint density at radius 1 is 1.38 bits per heavy atom. The molecule has 1 aliphatic rings. The van der Waals surface area contributed by atoms with Gasteiger partial charge < -0.3 is 14.6 Å². The van der Waals surface area contributed by atoms with E-state index in [1.807, 2.05) is 0 Å². The van der Waals surface area contributed by atoms with Gasteiger partial charge in [0.15, 0.2) is 5.79 Å².